The number of piperidine rings is 3. The number of pyridine rings is 1. The molecule has 10 nitrogen and oxygen atoms in total. The highest BCUT2D eigenvalue weighted by molar-refractivity contribution is 7.94. The molecule has 3 N–H and O–H groups in total. The van der Waals surface area contributed by atoms with Gasteiger partial charge in [-0.2, -0.15) is 16.8 Å². The van der Waals surface area contributed by atoms with E-state index >= 15 is 0 Å². The first kappa shape index (κ1) is 23.7. The number of benzene rings is 1. The number of aromatic nitrogens is 1. The number of fused-ring (bicyclic) bond motifs is 4. The summed E-state index contributed by atoms with van der Waals surface area (Å²) >= 11 is 0. The van der Waals surface area contributed by atoms with E-state index in [0.717, 1.165) is 36.0 Å². The molecule has 0 spiro atoms. The maximum absolute atomic E-state index is 11.0. The highest BCUT2D eigenvalue weighted by Crippen LogP contribution is 2.41. The fraction of sp³-hybridized carbons (Fsp3) is 0.421. The van der Waals surface area contributed by atoms with Crippen LogP contribution in [0.4, 0.5) is 0 Å². The van der Waals surface area contributed by atoms with Gasteiger partial charge < -0.3 is 5.11 Å². The Labute approximate surface area is 181 Å². The van der Waals surface area contributed by atoms with E-state index in [9.17, 15) is 21.9 Å². The first-order valence-electron chi connectivity index (χ1n) is 9.53. The summed E-state index contributed by atoms with van der Waals surface area (Å²) in [7, 11) is -10.2. The van der Waals surface area contributed by atoms with Crippen molar-refractivity contribution in [1.29, 1.82) is 0 Å². The number of rotatable bonds is 5. The molecule has 4 heterocycles. The molecule has 1 aromatic heterocycles. The third-order valence-electron chi connectivity index (χ3n) is 5.69. The largest absolute Gasteiger partial charge is 0.413 e. The summed E-state index contributed by atoms with van der Waals surface area (Å²) in [6.07, 6.45) is 5.76. The second-order valence-electron chi connectivity index (χ2n) is 7.53. The molecule has 0 unspecified atom stereocenters. The number of para-hydroxylation sites is 1. The van der Waals surface area contributed by atoms with Crippen molar-refractivity contribution in [3.8, 4) is 0 Å². The van der Waals surface area contributed by atoms with Crippen molar-refractivity contribution in [2.75, 3.05) is 13.1 Å². The maximum Gasteiger partial charge on any atom is 0.413 e. The normalized spacial score (nSPS) is 26.7. The number of hydrogen-bond donors (Lipinski definition) is 3. The van der Waals surface area contributed by atoms with Crippen LogP contribution in [0.25, 0.3) is 10.9 Å². The monoisotopic (exact) mass is 472 g/mol. The van der Waals surface area contributed by atoms with Crippen LogP contribution in [0.1, 0.15) is 24.5 Å². The van der Waals surface area contributed by atoms with Crippen LogP contribution in [-0.2, 0) is 24.4 Å². The van der Waals surface area contributed by atoms with Gasteiger partial charge in [0, 0.05) is 24.2 Å². The summed E-state index contributed by atoms with van der Waals surface area (Å²) in [5, 5.41) is 12.1. The minimum Gasteiger partial charge on any atom is -0.387 e. The highest BCUT2D eigenvalue weighted by atomic mass is 32.3. The van der Waals surface area contributed by atoms with Crippen molar-refractivity contribution in [2.24, 2.45) is 11.8 Å². The SMILES string of the molecule is C=C[C@H]1C[N@]2CC[C@H]1C[C@H]2[C@H](O)c1ccnc2ccccc12.O=S(=O)(O)OS(=O)(=O)O. The zero-order valence-corrected chi connectivity index (χ0v) is 18.1. The molecule has 2 aromatic rings. The van der Waals surface area contributed by atoms with Crippen LogP contribution >= 0.6 is 0 Å². The average Bonchev–Trinajstić information content (AvgIpc) is 2.70. The topological polar surface area (TPSA) is 154 Å². The van der Waals surface area contributed by atoms with Gasteiger partial charge in [0.05, 0.1) is 11.6 Å². The molecular formula is C19H24N2O8S2. The average molecular weight is 473 g/mol. The minimum absolute atomic E-state index is 0.223. The Morgan fingerprint density at radius 2 is 1.84 bits per heavy atom. The Balaban J connectivity index is 0.000000259. The summed E-state index contributed by atoms with van der Waals surface area (Å²) in [5.41, 5.74) is 1.97. The molecule has 3 fully saturated rings. The molecule has 170 valence electrons. The molecule has 1 aromatic carbocycles. The molecule has 0 amide bonds. The standard InChI is InChI=1S/C19H22N2O.H2O7S2/c1-2-13-12-21-10-8-14(13)11-18(21)19(22)16-7-9-20-17-6-4-3-5-15(16)17;1-8(2,3)7-9(4,5)6/h2-7,9,13-14,18-19,22H,1,8,10-12H2;(H,1,2,3)(H,4,5,6)/t13-,14-,18-,19+;/m0./s1. The Morgan fingerprint density at radius 1 is 1.16 bits per heavy atom. The number of hydrogen-bond acceptors (Lipinski definition) is 8. The third kappa shape index (κ3) is 6.07. The van der Waals surface area contributed by atoms with E-state index < -0.39 is 26.9 Å². The van der Waals surface area contributed by atoms with Crippen molar-refractivity contribution in [3.05, 3.63) is 54.7 Å². The van der Waals surface area contributed by atoms with Gasteiger partial charge in [0.25, 0.3) is 0 Å². The molecule has 5 rings (SSSR count). The molecule has 3 saturated heterocycles. The van der Waals surface area contributed by atoms with Crippen molar-refractivity contribution < 1.29 is 34.7 Å². The van der Waals surface area contributed by atoms with E-state index in [2.05, 4.69) is 32.2 Å². The molecule has 3 aliphatic heterocycles. The first-order valence-corrected chi connectivity index (χ1v) is 12.3. The van der Waals surface area contributed by atoms with Crippen LogP contribution < -0.4 is 0 Å². The van der Waals surface area contributed by atoms with Gasteiger partial charge in [-0.1, -0.05) is 24.3 Å². The molecule has 3 aliphatic rings. The van der Waals surface area contributed by atoms with Gasteiger partial charge in [0.15, 0.2) is 0 Å². The van der Waals surface area contributed by atoms with Crippen LogP contribution in [0.2, 0.25) is 0 Å². The second kappa shape index (κ2) is 9.28. The highest BCUT2D eigenvalue weighted by Gasteiger charge is 2.42. The van der Waals surface area contributed by atoms with Gasteiger partial charge in [0.1, 0.15) is 0 Å². The lowest BCUT2D eigenvalue weighted by molar-refractivity contribution is -0.0444. The Kier molecular flexibility index (Phi) is 7.11. The lowest BCUT2D eigenvalue weighted by Gasteiger charge is -2.50. The van der Waals surface area contributed by atoms with Crippen molar-refractivity contribution in [1.82, 2.24) is 9.88 Å². The quantitative estimate of drug-likeness (QED) is 0.433. The minimum atomic E-state index is -5.12. The Morgan fingerprint density at radius 3 is 2.39 bits per heavy atom. The van der Waals surface area contributed by atoms with Crippen LogP contribution in [0.5, 0.6) is 0 Å². The van der Waals surface area contributed by atoms with E-state index in [4.69, 9.17) is 9.11 Å². The molecule has 2 bridgehead atoms. The van der Waals surface area contributed by atoms with Crippen LogP contribution in [0, 0.1) is 11.8 Å². The lowest BCUT2D eigenvalue weighted by atomic mass is 9.73. The number of aliphatic hydroxyl groups is 1. The van der Waals surface area contributed by atoms with E-state index in [1.54, 1.807) is 0 Å². The van der Waals surface area contributed by atoms with Gasteiger partial charge >= 0.3 is 20.8 Å². The molecule has 12 heteroatoms. The summed E-state index contributed by atoms with van der Waals surface area (Å²) in [5.74, 6) is 1.27. The summed E-state index contributed by atoms with van der Waals surface area (Å²) in [6.45, 7) is 6.11. The van der Waals surface area contributed by atoms with Crippen LogP contribution in [-0.4, -0.2) is 60.1 Å². The van der Waals surface area contributed by atoms with Gasteiger partial charge in [-0.05, 0) is 48.9 Å². The van der Waals surface area contributed by atoms with Crippen LogP contribution in [0.3, 0.4) is 0 Å². The molecular weight excluding hydrogens is 448 g/mol. The van der Waals surface area contributed by atoms with E-state index in [1.165, 1.54) is 6.42 Å². The Hall–Kier alpha value is -1.93. The second-order valence-corrected chi connectivity index (χ2v) is 9.79. The zero-order valence-electron chi connectivity index (χ0n) is 16.5. The third-order valence-corrected chi connectivity index (χ3v) is 7.07. The Bertz CT molecular complexity index is 1120. The maximum atomic E-state index is 11.0. The number of nitrogens with zero attached hydrogens (tertiary/aromatic N) is 2. The lowest BCUT2D eigenvalue weighted by Crippen LogP contribution is -2.54. The first-order chi connectivity index (χ1) is 14.5. The summed E-state index contributed by atoms with van der Waals surface area (Å²) < 4.78 is 55.6. The van der Waals surface area contributed by atoms with Crippen LogP contribution in [0.15, 0.2) is 49.2 Å². The molecule has 0 radical (unpaired) electrons. The van der Waals surface area contributed by atoms with Crippen molar-refractivity contribution in [3.63, 3.8) is 0 Å². The molecule has 31 heavy (non-hydrogen) atoms. The smallest absolute Gasteiger partial charge is 0.387 e. The summed E-state index contributed by atoms with van der Waals surface area (Å²) in [4.78, 5) is 6.86. The van der Waals surface area contributed by atoms with Gasteiger partial charge in [-0.25, -0.2) is 0 Å². The predicted octanol–water partition coefficient (Wildman–Crippen LogP) is 1.77. The zero-order chi connectivity index (χ0) is 22.8. The van der Waals surface area contributed by atoms with Gasteiger partial charge in [-0.3, -0.25) is 19.0 Å². The molecule has 5 atom stereocenters. The van der Waals surface area contributed by atoms with E-state index in [1.807, 2.05) is 30.5 Å². The van der Waals surface area contributed by atoms with Crippen molar-refractivity contribution >= 4 is 31.7 Å². The van der Waals surface area contributed by atoms with E-state index in [-0.39, 0.29) is 6.04 Å². The molecule has 0 saturated carbocycles. The predicted molar refractivity (Wildman–Crippen MR) is 113 cm³/mol. The van der Waals surface area contributed by atoms with E-state index in [0.29, 0.717) is 11.8 Å². The fourth-order valence-electron chi connectivity index (χ4n) is 4.40. The summed E-state index contributed by atoms with van der Waals surface area (Å²) in [6, 6.07) is 10.3. The number of aliphatic hydroxyl groups excluding tert-OH is 1. The fourth-order valence-corrected chi connectivity index (χ4v) is 5.27. The van der Waals surface area contributed by atoms with Crippen molar-refractivity contribution in [2.45, 2.75) is 25.0 Å². The molecule has 0 aliphatic carbocycles. The van der Waals surface area contributed by atoms with Gasteiger partial charge in [0.2, 0.25) is 0 Å². The van der Waals surface area contributed by atoms with Gasteiger partial charge in [-0.15, -0.1) is 10.2 Å².